The summed E-state index contributed by atoms with van der Waals surface area (Å²) in [4.78, 5) is 11.1. The lowest BCUT2D eigenvalue weighted by atomic mass is 10.2. The van der Waals surface area contributed by atoms with Gasteiger partial charge in [-0.1, -0.05) is 6.07 Å². The first-order chi connectivity index (χ1) is 11.6. The fourth-order valence-electron chi connectivity index (χ4n) is 2.61. The number of aromatic nitrogens is 1. The second kappa shape index (κ2) is 11.1. The van der Waals surface area contributed by atoms with Gasteiger partial charge in [-0.25, -0.2) is 4.98 Å². The maximum absolute atomic E-state index is 5.69. The van der Waals surface area contributed by atoms with Gasteiger partial charge in [0.2, 0.25) is 5.88 Å². The Bertz CT molecular complexity index is 557. The molecule has 1 aliphatic rings. The van der Waals surface area contributed by atoms with Crippen molar-refractivity contribution in [1.82, 2.24) is 15.2 Å². The van der Waals surface area contributed by atoms with Crippen LogP contribution in [0.1, 0.15) is 19.4 Å². The van der Waals surface area contributed by atoms with Crippen molar-refractivity contribution in [3.8, 4) is 5.88 Å². The zero-order chi connectivity index (χ0) is 17.4. The number of hydrogen-bond acceptors (Lipinski definition) is 5. The molecule has 8 heteroatoms. The molecule has 1 aliphatic heterocycles. The smallest absolute Gasteiger partial charge is 0.218 e. The molecular formula is C17H29IN4O2S. The maximum atomic E-state index is 5.69. The van der Waals surface area contributed by atoms with E-state index in [0.29, 0.717) is 25.6 Å². The highest BCUT2D eigenvalue weighted by Crippen LogP contribution is 2.29. The van der Waals surface area contributed by atoms with Gasteiger partial charge >= 0.3 is 0 Å². The summed E-state index contributed by atoms with van der Waals surface area (Å²) in [5, 5.41) is 3.44. The molecule has 1 saturated heterocycles. The summed E-state index contributed by atoms with van der Waals surface area (Å²) in [6.45, 7) is 8.23. The van der Waals surface area contributed by atoms with Crippen LogP contribution in [0.4, 0.5) is 0 Å². The molecule has 0 atom stereocenters. The zero-order valence-electron chi connectivity index (χ0n) is 15.4. The Balaban J connectivity index is 0.00000312. The summed E-state index contributed by atoms with van der Waals surface area (Å²) in [5.41, 5.74) is 1.01. The van der Waals surface area contributed by atoms with Gasteiger partial charge in [0.1, 0.15) is 6.61 Å². The molecule has 0 aromatic carbocycles. The number of guanidine groups is 1. The van der Waals surface area contributed by atoms with Gasteiger partial charge in [0.05, 0.1) is 6.61 Å². The number of hydrogen-bond donors (Lipinski definition) is 1. The van der Waals surface area contributed by atoms with Gasteiger partial charge < -0.3 is 19.7 Å². The molecule has 0 aliphatic carbocycles. The van der Waals surface area contributed by atoms with E-state index in [1.54, 1.807) is 13.3 Å². The highest BCUT2D eigenvalue weighted by atomic mass is 127. The Morgan fingerprint density at radius 2 is 2.24 bits per heavy atom. The number of thioether (sulfide) groups is 1. The Morgan fingerprint density at radius 1 is 1.44 bits per heavy atom. The highest BCUT2D eigenvalue weighted by molar-refractivity contribution is 14.0. The Labute approximate surface area is 172 Å². The van der Waals surface area contributed by atoms with Crippen molar-refractivity contribution in [2.24, 2.45) is 4.99 Å². The van der Waals surface area contributed by atoms with Crippen molar-refractivity contribution in [3.05, 3.63) is 23.9 Å². The Morgan fingerprint density at radius 3 is 2.92 bits per heavy atom. The third-order valence-corrected chi connectivity index (χ3v) is 5.05. The minimum atomic E-state index is 0. The third-order valence-electron chi connectivity index (χ3n) is 3.75. The predicted octanol–water partition coefficient (Wildman–Crippen LogP) is 2.63. The van der Waals surface area contributed by atoms with E-state index >= 15 is 0 Å². The number of pyridine rings is 1. The fraction of sp³-hybridized carbons (Fsp3) is 0.647. The topological polar surface area (TPSA) is 59.0 Å². The van der Waals surface area contributed by atoms with Crippen molar-refractivity contribution in [2.75, 3.05) is 46.2 Å². The van der Waals surface area contributed by atoms with Gasteiger partial charge in [0.25, 0.3) is 0 Å². The number of ether oxygens (including phenoxy) is 2. The van der Waals surface area contributed by atoms with Crippen LogP contribution in [0.15, 0.2) is 23.3 Å². The summed E-state index contributed by atoms with van der Waals surface area (Å²) in [5.74, 6) is 2.69. The van der Waals surface area contributed by atoms with Crippen molar-refractivity contribution >= 4 is 41.7 Å². The number of halogens is 1. The number of nitrogens with one attached hydrogen (secondary N) is 1. The standard InChI is InChI=1S/C17H28N4O2S.HI/c1-17(2)13-21(8-11-24-17)16(18-3)20-12-14-6-5-7-19-15(14)23-10-9-22-4;/h5-7H,8-13H2,1-4H3,(H,18,20);1H. The molecule has 1 N–H and O–H groups in total. The van der Waals surface area contributed by atoms with Gasteiger partial charge in [-0.2, -0.15) is 11.8 Å². The number of nitrogens with zero attached hydrogens (tertiary/aromatic N) is 3. The molecule has 0 spiro atoms. The van der Waals surface area contributed by atoms with Crippen molar-refractivity contribution in [2.45, 2.75) is 25.1 Å². The first kappa shape index (κ1) is 22.3. The second-order valence-corrected chi connectivity index (χ2v) is 8.04. The predicted molar refractivity (Wildman–Crippen MR) is 115 cm³/mol. The number of methoxy groups -OCH3 is 1. The molecule has 0 saturated carbocycles. The lowest BCUT2D eigenvalue weighted by Crippen LogP contribution is -2.50. The lowest BCUT2D eigenvalue weighted by Gasteiger charge is -2.39. The minimum Gasteiger partial charge on any atom is -0.475 e. The van der Waals surface area contributed by atoms with Gasteiger partial charge in [-0.15, -0.1) is 24.0 Å². The van der Waals surface area contributed by atoms with Crippen LogP contribution in [0.3, 0.4) is 0 Å². The molecule has 0 bridgehead atoms. The summed E-state index contributed by atoms with van der Waals surface area (Å²) in [6, 6.07) is 3.94. The molecule has 2 heterocycles. The molecule has 0 radical (unpaired) electrons. The lowest BCUT2D eigenvalue weighted by molar-refractivity contribution is 0.143. The van der Waals surface area contributed by atoms with Crippen LogP contribution in [-0.4, -0.2) is 66.8 Å². The van der Waals surface area contributed by atoms with Crippen LogP contribution in [0.5, 0.6) is 5.88 Å². The van der Waals surface area contributed by atoms with Gasteiger partial charge in [-0.05, 0) is 19.9 Å². The SMILES string of the molecule is CN=C(NCc1cccnc1OCCOC)N1CCSC(C)(C)C1.I. The first-order valence-corrected chi connectivity index (χ1v) is 9.19. The molecule has 1 aromatic heterocycles. The van der Waals surface area contributed by atoms with Crippen LogP contribution < -0.4 is 10.1 Å². The minimum absolute atomic E-state index is 0. The molecule has 6 nitrogen and oxygen atoms in total. The number of rotatable bonds is 6. The van der Waals surface area contributed by atoms with Crippen LogP contribution in [0.25, 0.3) is 0 Å². The van der Waals surface area contributed by atoms with Crippen LogP contribution in [0.2, 0.25) is 0 Å². The summed E-state index contributed by atoms with van der Waals surface area (Å²) < 4.78 is 11.0. The molecule has 0 unspecified atom stereocenters. The van der Waals surface area contributed by atoms with E-state index in [-0.39, 0.29) is 28.7 Å². The van der Waals surface area contributed by atoms with Crippen molar-refractivity contribution in [3.63, 3.8) is 0 Å². The van der Waals surface area contributed by atoms with Crippen molar-refractivity contribution in [1.29, 1.82) is 0 Å². The monoisotopic (exact) mass is 480 g/mol. The van der Waals surface area contributed by atoms with E-state index in [1.807, 2.05) is 30.9 Å². The molecule has 1 aromatic rings. The fourth-order valence-corrected chi connectivity index (χ4v) is 3.73. The quantitative estimate of drug-likeness (QED) is 0.293. The van der Waals surface area contributed by atoms with E-state index in [9.17, 15) is 0 Å². The van der Waals surface area contributed by atoms with E-state index in [2.05, 4.69) is 34.0 Å². The molecule has 25 heavy (non-hydrogen) atoms. The normalized spacial score (nSPS) is 17.0. The maximum Gasteiger partial charge on any atom is 0.218 e. The molecule has 142 valence electrons. The van der Waals surface area contributed by atoms with E-state index in [4.69, 9.17) is 9.47 Å². The Hall–Kier alpha value is -0.740. The number of aliphatic imine (C=N–C) groups is 1. The molecule has 2 rings (SSSR count). The first-order valence-electron chi connectivity index (χ1n) is 8.21. The van der Waals surface area contributed by atoms with Gasteiger partial charge in [0.15, 0.2) is 5.96 Å². The second-order valence-electron chi connectivity index (χ2n) is 6.24. The Kier molecular flexibility index (Phi) is 9.88. The average molecular weight is 480 g/mol. The van der Waals surface area contributed by atoms with Crippen LogP contribution in [0, 0.1) is 0 Å². The van der Waals surface area contributed by atoms with Crippen LogP contribution in [-0.2, 0) is 11.3 Å². The van der Waals surface area contributed by atoms with Crippen LogP contribution >= 0.6 is 35.7 Å². The molecule has 1 fully saturated rings. The van der Waals surface area contributed by atoms with E-state index in [0.717, 1.165) is 30.4 Å². The summed E-state index contributed by atoms with van der Waals surface area (Å²) in [7, 11) is 3.49. The third kappa shape index (κ3) is 7.18. The average Bonchev–Trinajstić information content (AvgIpc) is 2.56. The van der Waals surface area contributed by atoms with Crippen molar-refractivity contribution < 1.29 is 9.47 Å². The van der Waals surface area contributed by atoms with E-state index < -0.39 is 0 Å². The van der Waals surface area contributed by atoms with E-state index in [1.165, 1.54) is 0 Å². The largest absolute Gasteiger partial charge is 0.475 e. The van der Waals surface area contributed by atoms with Gasteiger partial charge in [-0.3, -0.25) is 4.99 Å². The highest BCUT2D eigenvalue weighted by Gasteiger charge is 2.28. The van der Waals surface area contributed by atoms with Gasteiger partial charge in [0, 0.05) is 56.1 Å². The molecule has 0 amide bonds. The zero-order valence-corrected chi connectivity index (χ0v) is 18.6. The summed E-state index contributed by atoms with van der Waals surface area (Å²) in [6.07, 6.45) is 1.74. The molecular weight excluding hydrogens is 451 g/mol. The summed E-state index contributed by atoms with van der Waals surface area (Å²) >= 11 is 2.01.